The molecule has 0 aliphatic carbocycles. The molecule has 0 spiro atoms. The van der Waals surface area contributed by atoms with E-state index in [1.54, 1.807) is 19.1 Å². The third-order valence-corrected chi connectivity index (χ3v) is 6.04. The van der Waals surface area contributed by atoms with Gasteiger partial charge in [0, 0.05) is 12.6 Å². The van der Waals surface area contributed by atoms with Crippen LogP contribution in [0.3, 0.4) is 0 Å². The lowest BCUT2D eigenvalue weighted by Gasteiger charge is -2.21. The predicted octanol–water partition coefficient (Wildman–Crippen LogP) is 0.395. The molecule has 3 rings (SSSR count). The molecule has 0 radical (unpaired) electrons. The minimum Gasteiger partial charge on any atom is -0.351 e. The Morgan fingerprint density at radius 2 is 2.00 bits per heavy atom. The first-order valence-electron chi connectivity index (χ1n) is 8.39. The van der Waals surface area contributed by atoms with Crippen LogP contribution in [-0.2, 0) is 14.6 Å². The number of fused-ring (bicyclic) bond motifs is 1. The Kier molecular flexibility index (Phi) is 5.17. The standard InChI is InChI=1S/C17H20N4O4S/c1-2-21(10-16(22)19-12-7-8-26(24,25)11-12)17(23)15-9-18-13-5-3-4-6-14(13)20-15/h3-6,9,12H,2,7-8,10-11H2,1H3,(H,19,22). The van der Waals surface area contributed by atoms with Crippen molar-refractivity contribution in [3.63, 3.8) is 0 Å². The molecule has 138 valence electrons. The highest BCUT2D eigenvalue weighted by molar-refractivity contribution is 7.91. The van der Waals surface area contributed by atoms with Crippen molar-refractivity contribution in [2.24, 2.45) is 0 Å². The Morgan fingerprint density at radius 3 is 2.65 bits per heavy atom. The molecule has 8 nitrogen and oxygen atoms in total. The van der Waals surface area contributed by atoms with Gasteiger partial charge in [0.25, 0.3) is 5.91 Å². The van der Waals surface area contributed by atoms with Gasteiger partial charge in [-0.2, -0.15) is 0 Å². The van der Waals surface area contributed by atoms with Crippen LogP contribution in [0.1, 0.15) is 23.8 Å². The monoisotopic (exact) mass is 376 g/mol. The SMILES string of the molecule is CCN(CC(=O)NC1CCS(=O)(=O)C1)C(=O)c1cnc2ccccc2n1. The Labute approximate surface area is 151 Å². The van der Waals surface area contributed by atoms with E-state index in [0.29, 0.717) is 24.0 Å². The van der Waals surface area contributed by atoms with E-state index in [9.17, 15) is 18.0 Å². The fourth-order valence-electron chi connectivity index (χ4n) is 2.90. The summed E-state index contributed by atoms with van der Waals surface area (Å²) in [5.74, 6) is -0.730. The van der Waals surface area contributed by atoms with E-state index in [2.05, 4.69) is 15.3 Å². The van der Waals surface area contributed by atoms with Crippen LogP contribution < -0.4 is 5.32 Å². The lowest BCUT2D eigenvalue weighted by atomic mass is 10.2. The molecule has 1 aliphatic rings. The molecular weight excluding hydrogens is 356 g/mol. The van der Waals surface area contributed by atoms with E-state index < -0.39 is 9.84 Å². The highest BCUT2D eigenvalue weighted by atomic mass is 32.2. The molecule has 1 saturated heterocycles. The van der Waals surface area contributed by atoms with Crippen LogP contribution in [-0.4, -0.2) is 65.7 Å². The van der Waals surface area contributed by atoms with Gasteiger partial charge in [0.05, 0.1) is 35.3 Å². The molecule has 0 saturated carbocycles. The van der Waals surface area contributed by atoms with Crippen LogP contribution >= 0.6 is 0 Å². The van der Waals surface area contributed by atoms with Crippen LogP contribution in [0, 0.1) is 0 Å². The van der Waals surface area contributed by atoms with Crippen molar-refractivity contribution in [3.8, 4) is 0 Å². The Hall–Kier alpha value is -2.55. The summed E-state index contributed by atoms with van der Waals surface area (Å²) in [6.07, 6.45) is 1.80. The van der Waals surface area contributed by atoms with Gasteiger partial charge in [-0.05, 0) is 25.5 Å². The molecule has 1 atom stereocenters. The molecule has 1 N–H and O–H groups in total. The number of likely N-dealkylation sites (N-methyl/N-ethyl adjacent to an activating group) is 1. The minimum absolute atomic E-state index is 0.0467. The Morgan fingerprint density at radius 1 is 1.27 bits per heavy atom. The molecule has 9 heteroatoms. The molecule has 1 aromatic heterocycles. The molecule has 2 amide bonds. The second-order valence-electron chi connectivity index (χ2n) is 6.23. The zero-order valence-electron chi connectivity index (χ0n) is 14.4. The van der Waals surface area contributed by atoms with Crippen molar-refractivity contribution in [1.82, 2.24) is 20.2 Å². The van der Waals surface area contributed by atoms with Gasteiger partial charge in [-0.1, -0.05) is 12.1 Å². The van der Waals surface area contributed by atoms with E-state index in [0.717, 1.165) is 0 Å². The maximum Gasteiger partial charge on any atom is 0.274 e. The number of nitrogens with zero attached hydrogens (tertiary/aromatic N) is 3. The fraction of sp³-hybridized carbons (Fsp3) is 0.412. The fourth-order valence-corrected chi connectivity index (χ4v) is 4.58. The van der Waals surface area contributed by atoms with Crippen LogP contribution in [0.25, 0.3) is 11.0 Å². The number of amides is 2. The lowest BCUT2D eigenvalue weighted by molar-refractivity contribution is -0.122. The largest absolute Gasteiger partial charge is 0.351 e. The first-order chi connectivity index (χ1) is 12.4. The second kappa shape index (κ2) is 7.36. The quantitative estimate of drug-likeness (QED) is 0.809. The number of hydrogen-bond acceptors (Lipinski definition) is 6. The molecule has 26 heavy (non-hydrogen) atoms. The maximum atomic E-state index is 12.6. The van der Waals surface area contributed by atoms with Crippen LogP contribution in [0.4, 0.5) is 0 Å². The van der Waals surface area contributed by atoms with Crippen molar-refractivity contribution in [3.05, 3.63) is 36.2 Å². The van der Waals surface area contributed by atoms with E-state index >= 15 is 0 Å². The van der Waals surface area contributed by atoms with Crippen molar-refractivity contribution in [2.75, 3.05) is 24.6 Å². The van der Waals surface area contributed by atoms with Gasteiger partial charge in [-0.3, -0.25) is 14.6 Å². The van der Waals surface area contributed by atoms with Crippen molar-refractivity contribution >= 4 is 32.7 Å². The average molecular weight is 376 g/mol. The molecule has 1 unspecified atom stereocenters. The normalized spacial score (nSPS) is 18.6. The summed E-state index contributed by atoms with van der Waals surface area (Å²) in [4.78, 5) is 34.7. The highest BCUT2D eigenvalue weighted by Crippen LogP contribution is 2.12. The topological polar surface area (TPSA) is 109 Å². The predicted molar refractivity (Wildman–Crippen MR) is 96.3 cm³/mol. The number of hydrogen-bond donors (Lipinski definition) is 1. The van der Waals surface area contributed by atoms with Gasteiger partial charge >= 0.3 is 0 Å². The van der Waals surface area contributed by atoms with Gasteiger partial charge in [-0.25, -0.2) is 13.4 Å². The molecular formula is C17H20N4O4S. The molecule has 2 aromatic rings. The number of sulfone groups is 1. The minimum atomic E-state index is -3.07. The zero-order valence-corrected chi connectivity index (χ0v) is 15.2. The smallest absolute Gasteiger partial charge is 0.274 e. The Balaban J connectivity index is 1.67. The summed E-state index contributed by atoms with van der Waals surface area (Å²) in [6.45, 7) is 1.93. The van der Waals surface area contributed by atoms with Gasteiger partial charge in [-0.15, -0.1) is 0 Å². The molecule has 2 heterocycles. The van der Waals surface area contributed by atoms with E-state index in [4.69, 9.17) is 0 Å². The van der Waals surface area contributed by atoms with Crippen LogP contribution in [0.5, 0.6) is 0 Å². The average Bonchev–Trinajstić information content (AvgIpc) is 2.97. The highest BCUT2D eigenvalue weighted by Gasteiger charge is 2.29. The summed E-state index contributed by atoms with van der Waals surface area (Å²) in [6, 6.07) is 6.83. The number of carbonyl (C=O) groups is 2. The third kappa shape index (κ3) is 4.16. The summed E-state index contributed by atoms with van der Waals surface area (Å²) in [5.41, 5.74) is 1.46. The van der Waals surface area contributed by atoms with Gasteiger partial charge in [0.1, 0.15) is 5.69 Å². The number of aromatic nitrogens is 2. The number of para-hydroxylation sites is 2. The summed E-state index contributed by atoms with van der Waals surface area (Å²) < 4.78 is 22.9. The molecule has 1 aliphatic heterocycles. The summed E-state index contributed by atoms with van der Waals surface area (Å²) >= 11 is 0. The lowest BCUT2D eigenvalue weighted by Crippen LogP contribution is -2.44. The van der Waals surface area contributed by atoms with Crippen LogP contribution in [0.15, 0.2) is 30.5 Å². The van der Waals surface area contributed by atoms with Crippen LogP contribution in [0.2, 0.25) is 0 Å². The van der Waals surface area contributed by atoms with Crippen molar-refractivity contribution in [2.45, 2.75) is 19.4 Å². The van der Waals surface area contributed by atoms with Crippen molar-refractivity contribution < 1.29 is 18.0 Å². The van der Waals surface area contributed by atoms with Gasteiger partial charge in [0.15, 0.2) is 9.84 Å². The molecule has 0 bridgehead atoms. The second-order valence-corrected chi connectivity index (χ2v) is 8.46. The zero-order chi connectivity index (χ0) is 18.7. The number of rotatable bonds is 5. The van der Waals surface area contributed by atoms with Gasteiger partial charge < -0.3 is 10.2 Å². The van der Waals surface area contributed by atoms with E-state index in [1.165, 1.54) is 11.1 Å². The van der Waals surface area contributed by atoms with Crippen molar-refractivity contribution in [1.29, 1.82) is 0 Å². The first-order valence-corrected chi connectivity index (χ1v) is 10.2. The molecule has 1 fully saturated rings. The number of benzene rings is 1. The van der Waals surface area contributed by atoms with E-state index in [-0.39, 0.29) is 41.6 Å². The third-order valence-electron chi connectivity index (χ3n) is 4.27. The number of carbonyl (C=O) groups excluding carboxylic acids is 2. The molecule has 1 aromatic carbocycles. The van der Waals surface area contributed by atoms with E-state index in [1.807, 2.05) is 12.1 Å². The first kappa shape index (κ1) is 18.2. The number of nitrogens with one attached hydrogen (secondary N) is 1. The maximum absolute atomic E-state index is 12.6. The van der Waals surface area contributed by atoms with Gasteiger partial charge in [0.2, 0.25) is 5.91 Å². The Bertz CT molecular complexity index is 945. The summed E-state index contributed by atoms with van der Waals surface area (Å²) in [7, 11) is -3.07. The summed E-state index contributed by atoms with van der Waals surface area (Å²) in [5, 5.41) is 2.69.